The maximum Gasteiger partial charge on any atom is 0.526 e. The largest absolute Gasteiger partial charge is 0.526 e. The minimum Gasteiger partial charge on any atom is -0.505 e. The Kier molecular flexibility index (Phi) is 17.7. The number of hydrogen-bond acceptors (Lipinski definition) is 10. The molecular weight excluding hydrogens is 494 g/mol. The molecule has 182 valence electrons. The summed E-state index contributed by atoms with van der Waals surface area (Å²) >= 11 is 0. The Balaban J connectivity index is -0.000000426. The topological polar surface area (TPSA) is 295 Å². The predicted octanol–water partition coefficient (Wildman–Crippen LogP) is -2.63. The van der Waals surface area contributed by atoms with E-state index in [4.69, 9.17) is 45.0 Å². The first-order valence-corrected chi connectivity index (χ1v) is 10.8. The minimum atomic E-state index is -4.84. The first-order valence-electron chi connectivity index (χ1n) is 7.71. The Morgan fingerprint density at radius 3 is 2.03 bits per heavy atom. The standard InChI is InChI=1S/C8H9NO3.C5H10NO7P.Mg.H3O4P.2H/c1-5-8(12)7(4-11)6(3-10)2-9-5;6-3(5(8)9)1-2-4(7)13-14(10,11)12;;1-5(2,3)4;;/h2,4,10,12H,3H2,1H3;3H,1-2,6H2,(H,8,9)(H2,10,11,12);;(H3,1,2,3,4);;/t;3-;;;;/m.0..../s1. The van der Waals surface area contributed by atoms with Crippen LogP contribution in [-0.4, -0.2) is 92.1 Å². The zero-order chi connectivity index (χ0) is 25.0. The van der Waals surface area contributed by atoms with Gasteiger partial charge in [-0.25, -0.2) is 9.13 Å². The Morgan fingerprint density at radius 2 is 1.69 bits per heavy atom. The molecule has 0 bridgehead atoms. The van der Waals surface area contributed by atoms with Gasteiger partial charge >= 0.3 is 50.6 Å². The average Bonchev–Trinajstić information content (AvgIpc) is 2.59. The summed E-state index contributed by atoms with van der Waals surface area (Å²) in [6, 6.07) is -1.25. The number of aromatic hydroxyl groups is 1. The van der Waals surface area contributed by atoms with Crippen LogP contribution in [0, 0.1) is 6.92 Å². The summed E-state index contributed by atoms with van der Waals surface area (Å²) in [5.41, 5.74) is 5.87. The molecule has 19 heteroatoms. The third-order valence-corrected chi connectivity index (χ3v) is 3.28. The lowest BCUT2D eigenvalue weighted by atomic mass is 10.1. The predicted molar refractivity (Wildman–Crippen MR) is 108 cm³/mol. The summed E-state index contributed by atoms with van der Waals surface area (Å²) in [5, 5.41) is 26.4. The van der Waals surface area contributed by atoms with Crippen LogP contribution in [0.15, 0.2) is 6.20 Å². The molecule has 1 aromatic heterocycles. The van der Waals surface area contributed by atoms with Crippen LogP contribution in [0.3, 0.4) is 0 Å². The van der Waals surface area contributed by atoms with Gasteiger partial charge in [0.2, 0.25) is 0 Å². The Labute approximate surface area is 196 Å². The van der Waals surface area contributed by atoms with Crippen LogP contribution in [0.1, 0.15) is 34.5 Å². The van der Waals surface area contributed by atoms with Crippen molar-refractivity contribution in [2.24, 2.45) is 5.73 Å². The third kappa shape index (κ3) is 19.2. The van der Waals surface area contributed by atoms with Crippen molar-refractivity contribution in [3.05, 3.63) is 23.0 Å². The summed E-state index contributed by atoms with van der Waals surface area (Å²) in [6.07, 6.45) is 1.18. The molecule has 32 heavy (non-hydrogen) atoms. The van der Waals surface area contributed by atoms with Crippen LogP contribution in [0.25, 0.3) is 0 Å². The van der Waals surface area contributed by atoms with Crippen LogP contribution in [0.2, 0.25) is 0 Å². The van der Waals surface area contributed by atoms with Gasteiger partial charge in [0.15, 0.2) is 6.29 Å². The van der Waals surface area contributed by atoms with E-state index >= 15 is 0 Å². The number of aliphatic carboxylic acids is 1. The number of carboxylic acid groups (broad SMARTS) is 1. The number of pyridine rings is 1. The summed E-state index contributed by atoms with van der Waals surface area (Å²) < 4.78 is 22.7. The van der Waals surface area contributed by atoms with Gasteiger partial charge in [0, 0.05) is 18.2 Å². The van der Waals surface area contributed by atoms with E-state index in [1.54, 1.807) is 6.92 Å². The zero-order valence-corrected chi connectivity index (χ0v) is 17.6. The smallest absolute Gasteiger partial charge is 0.505 e. The van der Waals surface area contributed by atoms with Gasteiger partial charge < -0.3 is 40.3 Å². The van der Waals surface area contributed by atoms with Gasteiger partial charge in [-0.15, -0.1) is 0 Å². The van der Waals surface area contributed by atoms with Crippen molar-refractivity contribution in [2.75, 3.05) is 0 Å². The van der Waals surface area contributed by atoms with E-state index < -0.39 is 40.0 Å². The number of carbonyl (C=O) groups is 3. The number of rotatable bonds is 7. The molecule has 0 unspecified atom stereocenters. The number of carbonyl (C=O) groups excluding carboxylic acids is 2. The molecule has 0 aliphatic heterocycles. The lowest BCUT2D eigenvalue weighted by molar-refractivity contribution is -0.139. The van der Waals surface area contributed by atoms with Gasteiger partial charge in [0.1, 0.15) is 11.8 Å². The SMILES string of the molecule is Cc1ncc(CO)c(C=O)c1O.N[C@@H](CCC(=O)OP(=O)(O)O)C(=O)O.O=P(O)(O)O.[MgH2]. The second-order valence-corrected chi connectivity index (χ2v) is 7.55. The molecule has 0 aromatic carbocycles. The fourth-order valence-electron chi connectivity index (χ4n) is 1.49. The van der Waals surface area contributed by atoms with E-state index in [1.807, 2.05) is 0 Å². The van der Waals surface area contributed by atoms with Crippen molar-refractivity contribution < 1.29 is 67.8 Å². The highest BCUT2D eigenvalue weighted by Gasteiger charge is 2.21. The molecule has 0 radical (unpaired) electrons. The van der Waals surface area contributed by atoms with Gasteiger partial charge in [-0.05, 0) is 13.3 Å². The summed E-state index contributed by atoms with van der Waals surface area (Å²) in [4.78, 5) is 73.0. The van der Waals surface area contributed by atoms with Crippen molar-refractivity contribution in [3.63, 3.8) is 0 Å². The summed E-state index contributed by atoms with van der Waals surface area (Å²) in [7, 11) is -9.48. The molecule has 16 nitrogen and oxygen atoms in total. The molecule has 0 spiro atoms. The number of carboxylic acids is 1. The van der Waals surface area contributed by atoms with E-state index in [-0.39, 0.29) is 47.4 Å². The molecule has 0 aliphatic carbocycles. The number of aldehydes is 1. The molecule has 1 rings (SSSR count). The molecule has 1 atom stereocenters. The fraction of sp³-hybridized carbons (Fsp3) is 0.385. The number of aryl methyl sites for hydroxylation is 1. The van der Waals surface area contributed by atoms with Crippen molar-refractivity contribution in [1.82, 2.24) is 4.98 Å². The van der Waals surface area contributed by atoms with E-state index in [2.05, 4.69) is 9.51 Å². The Hall–Kier alpha value is -1.49. The molecule has 10 N–H and O–H groups in total. The lowest BCUT2D eigenvalue weighted by Crippen LogP contribution is -2.30. The van der Waals surface area contributed by atoms with Crippen molar-refractivity contribution in [1.29, 1.82) is 0 Å². The van der Waals surface area contributed by atoms with Gasteiger partial charge in [0.05, 0.1) is 17.9 Å². The van der Waals surface area contributed by atoms with Gasteiger partial charge in [-0.2, -0.15) is 0 Å². The van der Waals surface area contributed by atoms with Crippen LogP contribution in [0.5, 0.6) is 5.75 Å². The Morgan fingerprint density at radius 1 is 1.22 bits per heavy atom. The van der Waals surface area contributed by atoms with Gasteiger partial charge in [-0.1, -0.05) is 0 Å². The number of aromatic nitrogens is 1. The number of phosphoric acid groups is 2. The number of nitrogens with two attached hydrogens (primary N) is 1. The molecule has 0 saturated heterocycles. The Bertz CT molecular complexity index is 847. The molecule has 1 heterocycles. The van der Waals surface area contributed by atoms with Crippen LogP contribution < -0.4 is 5.73 Å². The number of aliphatic hydroxyl groups excluding tert-OH is 1. The number of hydrogen-bond donors (Lipinski definition) is 9. The highest BCUT2D eigenvalue weighted by Crippen LogP contribution is 2.36. The van der Waals surface area contributed by atoms with Crippen molar-refractivity contribution in [3.8, 4) is 5.75 Å². The summed E-state index contributed by atoms with van der Waals surface area (Å²) in [5.74, 6) is -2.64. The highest BCUT2D eigenvalue weighted by molar-refractivity contribution is 7.46. The normalized spacial score (nSPS) is 11.4. The van der Waals surface area contributed by atoms with Gasteiger partial charge in [-0.3, -0.25) is 29.2 Å². The van der Waals surface area contributed by atoms with E-state index in [0.717, 1.165) is 0 Å². The third-order valence-electron chi connectivity index (χ3n) is 2.84. The number of phosphoric ester groups is 1. The maximum atomic E-state index is 10.6. The lowest BCUT2D eigenvalue weighted by Gasteiger charge is -2.06. The van der Waals surface area contributed by atoms with E-state index in [9.17, 15) is 24.1 Å². The number of nitrogens with zero attached hydrogens (tertiary/aromatic N) is 1. The summed E-state index contributed by atoms with van der Waals surface area (Å²) in [6.45, 7) is 1.29. The van der Waals surface area contributed by atoms with Gasteiger partial charge in [0.25, 0.3) is 0 Å². The monoisotopic (exact) mass is 518 g/mol. The first-order chi connectivity index (χ1) is 13.9. The minimum absolute atomic E-state index is 0. The molecular formula is C13H24MgN2O14P2. The second-order valence-electron chi connectivity index (χ2n) is 5.36. The fourth-order valence-corrected chi connectivity index (χ4v) is 1.84. The van der Waals surface area contributed by atoms with E-state index in [1.165, 1.54) is 6.20 Å². The maximum absolute atomic E-state index is 10.6. The number of aliphatic hydroxyl groups is 1. The molecule has 0 saturated carbocycles. The zero-order valence-electron chi connectivity index (χ0n) is 15.8. The highest BCUT2D eigenvalue weighted by atomic mass is 31.2. The average molecular weight is 519 g/mol. The van der Waals surface area contributed by atoms with Crippen molar-refractivity contribution >= 4 is 56.9 Å². The quantitative estimate of drug-likeness (QED) is 0.101. The second kappa shape index (κ2) is 16.2. The molecule has 0 aliphatic rings. The molecule has 0 amide bonds. The molecule has 0 fully saturated rings. The van der Waals surface area contributed by atoms with Crippen molar-refractivity contribution in [2.45, 2.75) is 32.4 Å². The van der Waals surface area contributed by atoms with Crippen LogP contribution >= 0.6 is 15.6 Å². The first kappa shape index (κ1) is 35.1. The van der Waals surface area contributed by atoms with E-state index in [0.29, 0.717) is 17.5 Å². The van der Waals surface area contributed by atoms with Crippen LogP contribution in [0.4, 0.5) is 0 Å². The molecule has 1 aromatic rings. The van der Waals surface area contributed by atoms with Crippen LogP contribution in [-0.2, 0) is 29.8 Å².